The number of nitrogens with zero attached hydrogens (tertiary/aromatic N) is 2. The Morgan fingerprint density at radius 2 is 1.27 bits per heavy atom. The number of nitro benzene ring substituents is 2. The molecule has 26 heavy (non-hydrogen) atoms. The highest BCUT2D eigenvalue weighted by Crippen LogP contribution is 2.16. The molecule has 0 fully saturated rings. The minimum Gasteiger partial charge on any atom is -0.258 e. The van der Waals surface area contributed by atoms with E-state index in [1.807, 2.05) is 0 Å². The van der Waals surface area contributed by atoms with E-state index in [2.05, 4.69) is 37.0 Å². The lowest BCUT2D eigenvalue weighted by Crippen LogP contribution is -2.16. The highest BCUT2D eigenvalue weighted by molar-refractivity contribution is 6.83. The molecule has 0 spiro atoms. The number of rotatable bonds is 2. The molecule has 0 aliphatic heterocycles. The minimum absolute atomic E-state index is 0.0185. The molecule has 0 radical (unpaired) electrons. The molecule has 0 unspecified atom stereocenters. The van der Waals surface area contributed by atoms with E-state index in [9.17, 15) is 20.2 Å². The van der Waals surface area contributed by atoms with Crippen LogP contribution in [0.25, 0.3) is 0 Å². The molecule has 0 heterocycles. The number of hydrogen-bond acceptors (Lipinski definition) is 4. The van der Waals surface area contributed by atoms with Crippen LogP contribution in [0, 0.1) is 44.0 Å². The molecule has 2 rings (SSSR count). The van der Waals surface area contributed by atoms with Gasteiger partial charge in [0.1, 0.15) is 19.2 Å². The van der Waals surface area contributed by atoms with Gasteiger partial charge in [0, 0.05) is 12.1 Å². The number of terminal acetylenes is 1. The topological polar surface area (TPSA) is 86.3 Å². The average Bonchev–Trinajstić information content (AvgIpc) is 2.60. The van der Waals surface area contributed by atoms with Gasteiger partial charge in [-0.2, -0.15) is 0 Å². The van der Waals surface area contributed by atoms with E-state index in [0.717, 1.165) is 0 Å². The van der Waals surface area contributed by atoms with E-state index >= 15 is 0 Å². The SMILES string of the molecule is C#Cc1ccccc1[N+](=O)[O-].C[Si](C)(C)C#Cc1ccccc1[N+](=O)[O-]. The van der Waals surface area contributed by atoms with Gasteiger partial charge < -0.3 is 0 Å². The van der Waals surface area contributed by atoms with Gasteiger partial charge in [-0.25, -0.2) is 0 Å². The zero-order chi connectivity index (χ0) is 19.7. The second-order valence-corrected chi connectivity index (χ2v) is 10.9. The second kappa shape index (κ2) is 9.16. The van der Waals surface area contributed by atoms with E-state index in [4.69, 9.17) is 6.42 Å². The quantitative estimate of drug-likeness (QED) is 0.341. The summed E-state index contributed by atoms with van der Waals surface area (Å²) in [5.74, 6) is 5.14. The van der Waals surface area contributed by atoms with Gasteiger partial charge in [-0.05, 0) is 12.1 Å². The summed E-state index contributed by atoms with van der Waals surface area (Å²) in [7, 11) is -1.48. The van der Waals surface area contributed by atoms with E-state index in [-0.39, 0.29) is 11.4 Å². The van der Waals surface area contributed by atoms with Crippen LogP contribution in [0.2, 0.25) is 19.6 Å². The molecular weight excluding hydrogens is 348 g/mol. The molecule has 0 saturated heterocycles. The normalized spacial score (nSPS) is 9.62. The Bertz CT molecular complexity index is 915. The summed E-state index contributed by atoms with van der Waals surface area (Å²) in [4.78, 5) is 20.1. The van der Waals surface area contributed by atoms with E-state index in [0.29, 0.717) is 11.1 Å². The number of hydrogen-bond donors (Lipinski definition) is 0. The highest BCUT2D eigenvalue weighted by Gasteiger charge is 2.12. The van der Waals surface area contributed by atoms with Crippen molar-refractivity contribution in [3.8, 4) is 23.8 Å². The Balaban J connectivity index is 0.000000273. The van der Waals surface area contributed by atoms with E-state index < -0.39 is 17.9 Å². The lowest BCUT2D eigenvalue weighted by Gasteiger charge is -2.03. The lowest BCUT2D eigenvalue weighted by atomic mass is 10.2. The van der Waals surface area contributed by atoms with Crippen LogP contribution in [-0.4, -0.2) is 17.9 Å². The van der Waals surface area contributed by atoms with Gasteiger partial charge in [-0.3, -0.25) is 20.2 Å². The molecule has 132 valence electrons. The van der Waals surface area contributed by atoms with Crippen LogP contribution in [0.15, 0.2) is 48.5 Å². The van der Waals surface area contributed by atoms with Crippen molar-refractivity contribution >= 4 is 19.4 Å². The van der Waals surface area contributed by atoms with Gasteiger partial charge in [-0.1, -0.05) is 55.7 Å². The molecular formula is C19H18N2O4Si. The Labute approximate surface area is 153 Å². The van der Waals surface area contributed by atoms with Crippen LogP contribution in [0.3, 0.4) is 0 Å². The summed E-state index contributed by atoms with van der Waals surface area (Å²) in [6.07, 6.45) is 5.03. The standard InChI is InChI=1S/C11H13NO2Si.C8H5NO2/c1-15(2,3)9-8-10-6-4-5-7-11(10)12(13)14;1-2-7-5-3-4-6-8(7)9(10)11/h4-7H,1-3H3;1,3-6H. The Morgan fingerprint density at radius 1 is 0.846 bits per heavy atom. The molecule has 0 bridgehead atoms. The molecule has 6 nitrogen and oxygen atoms in total. The predicted octanol–water partition coefficient (Wildman–Crippen LogP) is 4.40. The van der Waals surface area contributed by atoms with Gasteiger partial charge >= 0.3 is 0 Å². The van der Waals surface area contributed by atoms with Gasteiger partial charge in [0.05, 0.1) is 9.85 Å². The Hall–Kier alpha value is -3.42. The Kier molecular flexibility index (Phi) is 7.27. The summed E-state index contributed by atoms with van der Waals surface area (Å²) in [5, 5.41) is 21.0. The zero-order valence-electron chi connectivity index (χ0n) is 14.7. The molecule has 0 aliphatic rings. The highest BCUT2D eigenvalue weighted by atomic mass is 28.3. The summed E-state index contributed by atoms with van der Waals surface area (Å²) in [6.45, 7) is 6.32. The fourth-order valence-corrected chi connectivity index (χ4v) is 2.26. The maximum Gasteiger partial charge on any atom is 0.284 e. The number of nitro groups is 2. The fraction of sp³-hybridized carbons (Fsp3) is 0.158. The molecule has 2 aromatic rings. The molecule has 0 N–H and O–H groups in total. The third-order valence-corrected chi connectivity index (χ3v) is 3.80. The smallest absolute Gasteiger partial charge is 0.258 e. The Morgan fingerprint density at radius 3 is 1.65 bits per heavy atom. The molecule has 0 aromatic heterocycles. The van der Waals surface area contributed by atoms with Gasteiger partial charge in [0.2, 0.25) is 0 Å². The first kappa shape index (κ1) is 20.6. The van der Waals surface area contributed by atoms with Gasteiger partial charge in [0.15, 0.2) is 0 Å². The van der Waals surface area contributed by atoms with E-state index in [1.165, 1.54) is 18.2 Å². The van der Waals surface area contributed by atoms with Gasteiger partial charge in [-0.15, -0.1) is 12.0 Å². The fourth-order valence-electron chi connectivity index (χ4n) is 1.75. The van der Waals surface area contributed by atoms with Crippen LogP contribution in [-0.2, 0) is 0 Å². The maximum absolute atomic E-state index is 10.7. The maximum atomic E-state index is 10.7. The first-order valence-corrected chi connectivity index (χ1v) is 11.1. The van der Waals surface area contributed by atoms with Crippen LogP contribution < -0.4 is 0 Å². The van der Waals surface area contributed by atoms with E-state index in [1.54, 1.807) is 30.3 Å². The third-order valence-electron chi connectivity index (χ3n) is 2.93. The van der Waals surface area contributed by atoms with Crippen molar-refractivity contribution < 1.29 is 9.85 Å². The minimum atomic E-state index is -1.48. The van der Waals surface area contributed by atoms with Crippen LogP contribution in [0.4, 0.5) is 11.4 Å². The summed E-state index contributed by atoms with van der Waals surface area (Å²) in [5.41, 5.74) is 4.01. The third kappa shape index (κ3) is 6.60. The van der Waals surface area contributed by atoms with Crippen molar-refractivity contribution in [2.75, 3.05) is 0 Å². The van der Waals surface area contributed by atoms with Crippen LogP contribution >= 0.6 is 0 Å². The van der Waals surface area contributed by atoms with Gasteiger partial charge in [0.25, 0.3) is 11.4 Å². The molecule has 0 atom stereocenters. The molecule has 7 heteroatoms. The monoisotopic (exact) mass is 366 g/mol. The largest absolute Gasteiger partial charge is 0.284 e. The molecule has 2 aromatic carbocycles. The summed E-state index contributed by atoms with van der Waals surface area (Å²) >= 11 is 0. The molecule has 0 saturated carbocycles. The second-order valence-electron chi connectivity index (χ2n) is 6.19. The van der Waals surface area contributed by atoms with Crippen LogP contribution in [0.1, 0.15) is 11.1 Å². The number of para-hydroxylation sites is 2. The van der Waals surface area contributed by atoms with Crippen molar-refractivity contribution in [3.05, 3.63) is 79.9 Å². The van der Waals surface area contributed by atoms with Crippen molar-refractivity contribution in [2.45, 2.75) is 19.6 Å². The van der Waals surface area contributed by atoms with Crippen molar-refractivity contribution in [2.24, 2.45) is 0 Å². The van der Waals surface area contributed by atoms with Crippen molar-refractivity contribution in [1.29, 1.82) is 0 Å². The zero-order valence-corrected chi connectivity index (χ0v) is 15.7. The molecule has 0 amide bonds. The summed E-state index contributed by atoms with van der Waals surface area (Å²) in [6, 6.07) is 12.8. The van der Waals surface area contributed by atoms with Crippen molar-refractivity contribution in [3.63, 3.8) is 0 Å². The first-order chi connectivity index (χ1) is 12.2. The predicted molar refractivity (Wildman–Crippen MR) is 104 cm³/mol. The average molecular weight is 366 g/mol. The number of benzene rings is 2. The van der Waals surface area contributed by atoms with Crippen molar-refractivity contribution in [1.82, 2.24) is 0 Å². The van der Waals surface area contributed by atoms with Crippen LogP contribution in [0.5, 0.6) is 0 Å². The first-order valence-electron chi connectivity index (χ1n) is 7.62. The summed E-state index contributed by atoms with van der Waals surface area (Å²) < 4.78 is 0. The molecule has 0 aliphatic carbocycles. The lowest BCUT2D eigenvalue weighted by molar-refractivity contribution is -0.385.